The van der Waals surface area contributed by atoms with Gasteiger partial charge >= 0.3 is 0 Å². The number of ether oxygens (including phenoxy) is 4. The second-order valence-corrected chi connectivity index (χ2v) is 6.79. The number of hydrogen-bond donors (Lipinski definition) is 0. The summed E-state index contributed by atoms with van der Waals surface area (Å²) >= 11 is 6.25. The summed E-state index contributed by atoms with van der Waals surface area (Å²) in [7, 11) is 2.94. The first-order valence-electron chi connectivity index (χ1n) is 9.87. The number of halogens is 1. The second kappa shape index (κ2) is 11.9. The van der Waals surface area contributed by atoms with Crippen LogP contribution < -0.4 is 23.4 Å². The van der Waals surface area contributed by atoms with Gasteiger partial charge in [0.2, 0.25) is 6.04 Å². The van der Waals surface area contributed by atoms with E-state index in [4.69, 9.17) is 30.7 Å². The van der Waals surface area contributed by atoms with Crippen LogP contribution in [0.15, 0.2) is 46.6 Å². The molecule has 32 heavy (non-hydrogen) atoms. The molecule has 0 aliphatic heterocycles. The van der Waals surface area contributed by atoms with Crippen LogP contribution >= 0.6 is 11.8 Å². The summed E-state index contributed by atoms with van der Waals surface area (Å²) in [6.07, 6.45) is 0. The highest BCUT2D eigenvalue weighted by Gasteiger charge is 2.29. The lowest BCUT2D eigenvalue weighted by atomic mass is 10.2. The molecule has 172 valence electrons. The van der Waals surface area contributed by atoms with Gasteiger partial charge in [-0.15, -0.1) is 0 Å². The molecule has 2 rings (SSSR count). The highest BCUT2D eigenvalue weighted by atomic mass is 35.5. The fourth-order valence-corrected chi connectivity index (χ4v) is 2.87. The van der Waals surface area contributed by atoms with Crippen molar-refractivity contribution in [2.45, 2.75) is 26.8 Å². The first kappa shape index (κ1) is 24.9. The molecule has 0 spiro atoms. The number of benzene rings is 2. The summed E-state index contributed by atoms with van der Waals surface area (Å²) < 4.78 is 22.2. The number of nitrogens with zero attached hydrogens (tertiary/aromatic N) is 3. The topological polar surface area (TPSA) is 99.0 Å². The Morgan fingerprint density at radius 2 is 1.41 bits per heavy atom. The van der Waals surface area contributed by atoms with Crippen molar-refractivity contribution in [2.24, 2.45) is 10.2 Å². The van der Waals surface area contributed by atoms with Gasteiger partial charge in [0.25, 0.3) is 5.91 Å². The van der Waals surface area contributed by atoms with Gasteiger partial charge in [-0.25, -0.2) is 4.42 Å². The van der Waals surface area contributed by atoms with Crippen molar-refractivity contribution in [1.82, 2.24) is 0 Å². The molecular weight excluding hydrogens is 438 g/mol. The van der Waals surface area contributed by atoms with E-state index in [1.807, 2.05) is 13.8 Å². The molecule has 0 aliphatic carbocycles. The Balaban J connectivity index is 2.33. The molecule has 10 heteroatoms. The minimum atomic E-state index is -1.45. The number of amides is 1. The quantitative estimate of drug-likeness (QED) is 0.271. The van der Waals surface area contributed by atoms with E-state index in [0.29, 0.717) is 41.9 Å². The summed E-state index contributed by atoms with van der Waals surface area (Å²) in [5, 5.41) is 8.02. The van der Waals surface area contributed by atoms with Crippen LogP contribution in [-0.4, -0.2) is 45.2 Å². The highest BCUT2D eigenvalue weighted by molar-refractivity contribution is 6.39. The lowest BCUT2D eigenvalue weighted by Crippen LogP contribution is -2.36. The number of anilines is 1. The number of carbonyl (C=O) groups excluding carboxylic acids is 2. The van der Waals surface area contributed by atoms with E-state index in [-0.39, 0.29) is 5.69 Å². The maximum Gasteiger partial charge on any atom is 0.276 e. The van der Waals surface area contributed by atoms with Crippen LogP contribution in [-0.2, 0) is 9.59 Å². The van der Waals surface area contributed by atoms with Gasteiger partial charge in [0, 0.05) is 48.2 Å². The van der Waals surface area contributed by atoms with Crippen molar-refractivity contribution < 1.29 is 28.5 Å². The van der Waals surface area contributed by atoms with E-state index in [0.717, 1.165) is 4.42 Å². The van der Waals surface area contributed by atoms with Gasteiger partial charge in [-0.1, -0.05) is 0 Å². The normalized spacial score (nSPS) is 11.7. The molecule has 0 saturated heterocycles. The zero-order valence-electron chi connectivity index (χ0n) is 18.6. The largest absolute Gasteiger partial charge is 0.497 e. The Kier molecular flexibility index (Phi) is 9.27. The zero-order chi connectivity index (χ0) is 23.7. The van der Waals surface area contributed by atoms with Crippen molar-refractivity contribution in [3.63, 3.8) is 0 Å². The summed E-state index contributed by atoms with van der Waals surface area (Å²) in [4.78, 5) is 25.1. The average molecular weight is 464 g/mol. The molecule has 2 aromatic rings. The van der Waals surface area contributed by atoms with Crippen LogP contribution in [0, 0.1) is 0 Å². The lowest BCUT2D eigenvalue weighted by molar-refractivity contribution is -0.126. The number of methoxy groups -OCH3 is 2. The van der Waals surface area contributed by atoms with Gasteiger partial charge < -0.3 is 18.9 Å². The third kappa shape index (κ3) is 6.58. The van der Waals surface area contributed by atoms with Crippen molar-refractivity contribution in [1.29, 1.82) is 0 Å². The lowest BCUT2D eigenvalue weighted by Gasteiger charge is -2.18. The smallest absolute Gasteiger partial charge is 0.276 e. The molecule has 2 aromatic carbocycles. The molecule has 0 bridgehead atoms. The van der Waals surface area contributed by atoms with Crippen LogP contribution in [0.2, 0.25) is 0 Å². The summed E-state index contributed by atoms with van der Waals surface area (Å²) in [6.45, 7) is 5.84. The van der Waals surface area contributed by atoms with E-state index in [1.165, 1.54) is 33.3 Å². The maximum absolute atomic E-state index is 12.9. The predicted octanol–water partition coefficient (Wildman–Crippen LogP) is 4.73. The standard InChI is InChI=1S/C22H26ClN3O6/c1-6-31-19-8-15(9-20(13-19)32-7-2)24-25-21(14(3)27)22(28)26(23)16-10-17(29-4)12-18(11-16)30-5/h8-13,21H,6-7H2,1-5H3. The molecule has 0 heterocycles. The number of azo groups is 1. The molecule has 9 nitrogen and oxygen atoms in total. The van der Waals surface area contributed by atoms with E-state index >= 15 is 0 Å². The number of Topliss-reactive ketones (excluding diaryl/α,β-unsaturated/α-hetero) is 1. The third-order valence-corrected chi connectivity index (χ3v) is 4.51. The van der Waals surface area contributed by atoms with Crippen molar-refractivity contribution in [3.8, 4) is 23.0 Å². The Morgan fingerprint density at radius 1 is 0.906 bits per heavy atom. The number of ketones is 1. The van der Waals surface area contributed by atoms with Crippen LogP contribution in [0.4, 0.5) is 11.4 Å². The first-order valence-corrected chi connectivity index (χ1v) is 10.2. The molecule has 0 saturated carbocycles. The number of rotatable bonds is 11. The molecule has 0 N–H and O–H groups in total. The maximum atomic E-state index is 12.9. The number of carbonyl (C=O) groups is 2. The van der Waals surface area contributed by atoms with Crippen LogP contribution in [0.1, 0.15) is 20.8 Å². The highest BCUT2D eigenvalue weighted by Crippen LogP contribution is 2.31. The molecule has 1 amide bonds. The van der Waals surface area contributed by atoms with E-state index in [2.05, 4.69) is 10.2 Å². The molecular formula is C22H26ClN3O6. The monoisotopic (exact) mass is 463 g/mol. The van der Waals surface area contributed by atoms with Crippen molar-refractivity contribution >= 4 is 34.8 Å². The van der Waals surface area contributed by atoms with Gasteiger partial charge in [0.1, 0.15) is 23.0 Å². The Morgan fingerprint density at radius 3 is 1.84 bits per heavy atom. The van der Waals surface area contributed by atoms with Crippen LogP contribution in [0.3, 0.4) is 0 Å². The second-order valence-electron chi connectivity index (χ2n) is 6.45. The zero-order valence-corrected chi connectivity index (χ0v) is 19.4. The Hall–Kier alpha value is -3.33. The summed E-state index contributed by atoms with van der Waals surface area (Å²) in [5.41, 5.74) is 0.619. The fraction of sp³-hybridized carbons (Fsp3) is 0.364. The molecule has 0 fully saturated rings. The Labute approximate surface area is 192 Å². The average Bonchev–Trinajstić information content (AvgIpc) is 2.78. The van der Waals surface area contributed by atoms with Crippen LogP contribution in [0.5, 0.6) is 23.0 Å². The third-order valence-electron chi connectivity index (χ3n) is 4.15. The molecule has 0 aromatic heterocycles. The van der Waals surface area contributed by atoms with Gasteiger partial charge in [-0.3, -0.25) is 9.59 Å². The van der Waals surface area contributed by atoms with Gasteiger partial charge in [0.05, 0.1) is 38.8 Å². The minimum absolute atomic E-state index is 0.256. The summed E-state index contributed by atoms with van der Waals surface area (Å²) in [5.74, 6) is 0.612. The predicted molar refractivity (Wildman–Crippen MR) is 121 cm³/mol. The van der Waals surface area contributed by atoms with Gasteiger partial charge in [-0.05, 0) is 20.8 Å². The van der Waals surface area contributed by atoms with E-state index < -0.39 is 17.7 Å². The van der Waals surface area contributed by atoms with Crippen LogP contribution in [0.25, 0.3) is 0 Å². The SMILES string of the molecule is CCOc1cc(N=NC(C(C)=O)C(=O)N(Cl)c2cc(OC)cc(OC)c2)cc(OCC)c1. The first-order chi connectivity index (χ1) is 15.3. The fourth-order valence-electron chi connectivity index (χ4n) is 2.68. The molecule has 1 unspecified atom stereocenters. The Bertz CT molecular complexity index is 936. The molecule has 0 radical (unpaired) electrons. The summed E-state index contributed by atoms with van der Waals surface area (Å²) in [6, 6.07) is 8.21. The van der Waals surface area contributed by atoms with E-state index in [1.54, 1.807) is 24.3 Å². The molecule has 1 atom stereocenters. The van der Waals surface area contributed by atoms with E-state index in [9.17, 15) is 9.59 Å². The minimum Gasteiger partial charge on any atom is -0.497 e. The van der Waals surface area contributed by atoms with Gasteiger partial charge in [-0.2, -0.15) is 10.2 Å². The number of hydrogen-bond acceptors (Lipinski definition) is 8. The van der Waals surface area contributed by atoms with Crippen molar-refractivity contribution in [2.75, 3.05) is 31.9 Å². The van der Waals surface area contributed by atoms with Gasteiger partial charge in [0.15, 0.2) is 5.78 Å². The van der Waals surface area contributed by atoms with Crippen molar-refractivity contribution in [3.05, 3.63) is 36.4 Å². The molecule has 0 aliphatic rings.